The number of anilines is 1. The Kier molecular flexibility index (Phi) is 4.16. The van der Waals surface area contributed by atoms with E-state index in [1.54, 1.807) is 7.11 Å². The zero-order chi connectivity index (χ0) is 15.4. The molecule has 1 aliphatic heterocycles. The van der Waals surface area contributed by atoms with Crippen LogP contribution in [0.25, 0.3) is 0 Å². The fraction of sp³-hybridized carbons (Fsp3) is 0.176. The van der Waals surface area contributed by atoms with E-state index in [0.717, 1.165) is 23.8 Å². The third kappa shape index (κ3) is 2.99. The van der Waals surface area contributed by atoms with Crippen molar-refractivity contribution in [1.29, 1.82) is 0 Å². The van der Waals surface area contributed by atoms with Gasteiger partial charge in [-0.15, -0.1) is 5.53 Å². The third-order valence-electron chi connectivity index (χ3n) is 3.59. The molecule has 0 aliphatic carbocycles. The molecule has 5 heteroatoms. The molecule has 3 rings (SSSR count). The first-order valence-corrected chi connectivity index (χ1v) is 7.18. The molecule has 2 aromatic carbocycles. The Labute approximate surface area is 130 Å². The lowest BCUT2D eigenvalue weighted by Gasteiger charge is -2.28. The minimum atomic E-state index is 0.836. The van der Waals surface area contributed by atoms with Crippen molar-refractivity contribution in [3.05, 3.63) is 72.2 Å². The second-order valence-corrected chi connectivity index (χ2v) is 5.13. The molecule has 1 aliphatic rings. The summed E-state index contributed by atoms with van der Waals surface area (Å²) in [4.78, 5) is 2.19. The first-order chi connectivity index (χ1) is 10.8. The number of hydrazine groups is 2. The van der Waals surface area contributed by atoms with Crippen LogP contribution < -0.4 is 20.7 Å². The van der Waals surface area contributed by atoms with Crippen molar-refractivity contribution < 1.29 is 4.74 Å². The van der Waals surface area contributed by atoms with Crippen LogP contribution in [-0.4, -0.2) is 19.1 Å². The summed E-state index contributed by atoms with van der Waals surface area (Å²) in [5, 5.41) is 2.00. The Bertz CT molecular complexity index is 639. The third-order valence-corrected chi connectivity index (χ3v) is 3.59. The minimum Gasteiger partial charge on any atom is -0.497 e. The molecule has 0 spiro atoms. The number of methoxy groups -OCH3 is 1. The number of nitrogens with zero attached hydrogens (tertiary/aromatic N) is 2. The molecule has 0 amide bonds. The Morgan fingerprint density at radius 3 is 2.45 bits per heavy atom. The van der Waals surface area contributed by atoms with Gasteiger partial charge >= 0.3 is 0 Å². The highest BCUT2D eigenvalue weighted by Gasteiger charge is 2.20. The van der Waals surface area contributed by atoms with Crippen LogP contribution >= 0.6 is 0 Å². The smallest absolute Gasteiger partial charge is 0.142 e. The Morgan fingerprint density at radius 2 is 1.77 bits per heavy atom. The average Bonchev–Trinajstić information content (AvgIpc) is 3.05. The van der Waals surface area contributed by atoms with E-state index in [-0.39, 0.29) is 0 Å². The second-order valence-electron chi connectivity index (χ2n) is 5.13. The van der Waals surface area contributed by atoms with Crippen molar-refractivity contribution in [2.75, 3.05) is 19.2 Å². The van der Waals surface area contributed by atoms with Crippen LogP contribution in [0.15, 0.2) is 66.6 Å². The van der Waals surface area contributed by atoms with Gasteiger partial charge in [-0.2, -0.15) is 0 Å². The zero-order valence-corrected chi connectivity index (χ0v) is 12.8. The van der Waals surface area contributed by atoms with Gasteiger partial charge in [0, 0.05) is 13.6 Å². The molecule has 0 unspecified atom stereocenters. The minimum absolute atomic E-state index is 0.836. The van der Waals surface area contributed by atoms with Gasteiger partial charge < -0.3 is 15.1 Å². The van der Waals surface area contributed by atoms with E-state index in [1.807, 2.05) is 41.5 Å². The highest BCUT2D eigenvalue weighted by molar-refractivity contribution is 5.53. The molecule has 0 radical (unpaired) electrons. The van der Waals surface area contributed by atoms with E-state index >= 15 is 0 Å². The molecule has 1 heterocycles. The average molecular weight is 296 g/mol. The van der Waals surface area contributed by atoms with Gasteiger partial charge in [-0.1, -0.05) is 30.3 Å². The predicted octanol–water partition coefficient (Wildman–Crippen LogP) is 2.46. The van der Waals surface area contributed by atoms with Gasteiger partial charge in [0.25, 0.3) is 0 Å². The van der Waals surface area contributed by atoms with Crippen molar-refractivity contribution >= 4 is 5.69 Å². The van der Waals surface area contributed by atoms with E-state index in [0.29, 0.717) is 0 Å². The standard InChI is InChI=1S/C17H20N4O/c1-20(13-14-6-4-3-5-7-14)17-12-18-19-21(17)15-8-10-16(22-2)11-9-15/h3-12,18-19H,13H2,1-2H3. The largest absolute Gasteiger partial charge is 0.497 e. The molecule has 22 heavy (non-hydrogen) atoms. The molecule has 0 saturated heterocycles. The van der Waals surface area contributed by atoms with Gasteiger partial charge in [-0.3, -0.25) is 0 Å². The summed E-state index contributed by atoms with van der Waals surface area (Å²) < 4.78 is 5.21. The number of benzene rings is 2. The number of ether oxygens (including phenoxy) is 1. The SMILES string of the molecule is COc1ccc(N2NNC=C2N(C)Cc2ccccc2)cc1. The van der Waals surface area contributed by atoms with Gasteiger partial charge in [-0.25, -0.2) is 5.01 Å². The fourth-order valence-corrected chi connectivity index (χ4v) is 2.43. The quantitative estimate of drug-likeness (QED) is 0.887. The molecule has 0 fully saturated rings. The number of hydrogen-bond acceptors (Lipinski definition) is 5. The highest BCUT2D eigenvalue weighted by atomic mass is 16.5. The number of nitrogens with one attached hydrogen (secondary N) is 2. The molecule has 114 valence electrons. The van der Waals surface area contributed by atoms with Crippen LogP contribution in [0, 0.1) is 0 Å². The first-order valence-electron chi connectivity index (χ1n) is 7.18. The zero-order valence-electron chi connectivity index (χ0n) is 12.8. The lowest BCUT2D eigenvalue weighted by molar-refractivity contribution is 0.394. The number of rotatable bonds is 5. The summed E-state index contributed by atoms with van der Waals surface area (Å²) in [6.45, 7) is 0.836. The van der Waals surface area contributed by atoms with E-state index in [1.165, 1.54) is 5.56 Å². The van der Waals surface area contributed by atoms with Crippen LogP contribution in [0.2, 0.25) is 0 Å². The maximum atomic E-state index is 5.21. The molecule has 0 atom stereocenters. The molecular formula is C17H20N4O. The summed E-state index contributed by atoms with van der Waals surface area (Å²) >= 11 is 0. The molecular weight excluding hydrogens is 276 g/mol. The van der Waals surface area contributed by atoms with Gasteiger partial charge in [0.2, 0.25) is 0 Å². The molecule has 0 aromatic heterocycles. The Morgan fingerprint density at radius 1 is 1.05 bits per heavy atom. The Hall–Kier alpha value is -2.66. The normalized spacial score (nSPS) is 13.5. The first kappa shape index (κ1) is 14.3. The van der Waals surface area contributed by atoms with Crippen molar-refractivity contribution in [2.24, 2.45) is 0 Å². The van der Waals surface area contributed by atoms with Crippen LogP contribution in [0.5, 0.6) is 5.75 Å². The maximum Gasteiger partial charge on any atom is 0.142 e. The molecule has 2 N–H and O–H groups in total. The second kappa shape index (κ2) is 6.41. The predicted molar refractivity (Wildman–Crippen MR) is 87.7 cm³/mol. The van der Waals surface area contributed by atoms with Gasteiger partial charge in [0.05, 0.1) is 19.0 Å². The van der Waals surface area contributed by atoms with Gasteiger partial charge in [0.15, 0.2) is 0 Å². The van der Waals surface area contributed by atoms with Crippen molar-refractivity contribution in [2.45, 2.75) is 6.54 Å². The van der Waals surface area contributed by atoms with Crippen molar-refractivity contribution in [1.82, 2.24) is 15.9 Å². The monoisotopic (exact) mass is 296 g/mol. The Balaban J connectivity index is 1.74. The van der Waals surface area contributed by atoms with E-state index < -0.39 is 0 Å². The summed E-state index contributed by atoms with van der Waals surface area (Å²) in [7, 11) is 3.74. The molecule has 5 nitrogen and oxygen atoms in total. The van der Waals surface area contributed by atoms with Crippen LogP contribution in [0.1, 0.15) is 5.56 Å². The molecule has 2 aromatic rings. The van der Waals surface area contributed by atoms with Gasteiger partial charge in [-0.05, 0) is 29.8 Å². The van der Waals surface area contributed by atoms with Crippen molar-refractivity contribution in [3.8, 4) is 5.75 Å². The summed E-state index contributed by atoms with van der Waals surface area (Å²) in [5.41, 5.74) is 8.50. The topological polar surface area (TPSA) is 39.8 Å². The molecule has 0 saturated carbocycles. The van der Waals surface area contributed by atoms with E-state index in [4.69, 9.17) is 4.74 Å². The van der Waals surface area contributed by atoms with Crippen LogP contribution in [0.4, 0.5) is 5.69 Å². The maximum absolute atomic E-state index is 5.21. The highest BCUT2D eigenvalue weighted by Crippen LogP contribution is 2.24. The van der Waals surface area contributed by atoms with Crippen molar-refractivity contribution in [3.63, 3.8) is 0 Å². The fourth-order valence-electron chi connectivity index (χ4n) is 2.43. The lowest BCUT2D eigenvalue weighted by atomic mass is 10.2. The number of hydrogen-bond donors (Lipinski definition) is 2. The van der Waals surface area contributed by atoms with Crippen LogP contribution in [0.3, 0.4) is 0 Å². The van der Waals surface area contributed by atoms with E-state index in [9.17, 15) is 0 Å². The molecule has 0 bridgehead atoms. The van der Waals surface area contributed by atoms with E-state index in [2.05, 4.69) is 47.2 Å². The van der Waals surface area contributed by atoms with Gasteiger partial charge in [0.1, 0.15) is 11.6 Å². The summed E-state index contributed by atoms with van der Waals surface area (Å²) in [5.74, 6) is 1.90. The lowest BCUT2D eigenvalue weighted by Crippen LogP contribution is -2.40. The summed E-state index contributed by atoms with van der Waals surface area (Å²) in [6, 6.07) is 18.3. The van der Waals surface area contributed by atoms with Crippen LogP contribution in [-0.2, 0) is 6.54 Å². The summed E-state index contributed by atoms with van der Waals surface area (Å²) in [6.07, 6.45) is 1.95.